The van der Waals surface area contributed by atoms with E-state index in [0.29, 0.717) is 11.7 Å². The van der Waals surface area contributed by atoms with Gasteiger partial charge in [0, 0.05) is 32.4 Å². The minimum atomic E-state index is -0.800. The number of amides is 2. The van der Waals surface area contributed by atoms with Crippen LogP contribution in [0.5, 0.6) is 0 Å². The van der Waals surface area contributed by atoms with Crippen LogP contribution in [0.15, 0.2) is 29.0 Å². The second kappa shape index (κ2) is 7.07. The lowest BCUT2D eigenvalue weighted by Gasteiger charge is -2.41. The number of aryl methyl sites for hydroxylation is 1. The number of nitrogens with zero attached hydrogens (tertiary/aromatic N) is 5. The highest BCUT2D eigenvalue weighted by atomic mass is 16.5. The molecule has 142 valence electrons. The van der Waals surface area contributed by atoms with Gasteiger partial charge >= 0.3 is 0 Å². The van der Waals surface area contributed by atoms with E-state index in [1.807, 2.05) is 6.07 Å². The molecule has 1 aliphatic heterocycles. The number of likely N-dealkylation sites (N-methyl/N-ethyl adjacent to an activating group) is 1. The summed E-state index contributed by atoms with van der Waals surface area (Å²) < 4.78 is 10.7. The van der Waals surface area contributed by atoms with Crippen LogP contribution in [-0.4, -0.2) is 62.5 Å². The summed E-state index contributed by atoms with van der Waals surface area (Å²) in [5.41, 5.74) is 0.791. The number of hydrogen-bond acceptors (Lipinski definition) is 7. The Hall–Kier alpha value is -2.81. The molecule has 1 aliphatic carbocycles. The molecule has 2 atom stereocenters. The second-order valence-electron chi connectivity index (χ2n) is 6.92. The summed E-state index contributed by atoms with van der Waals surface area (Å²) >= 11 is 0. The molecule has 0 N–H and O–H groups in total. The van der Waals surface area contributed by atoms with Crippen LogP contribution in [0.25, 0.3) is 0 Å². The predicted octanol–water partition coefficient (Wildman–Crippen LogP) is 0.863. The van der Waals surface area contributed by atoms with E-state index in [0.717, 1.165) is 18.4 Å². The van der Waals surface area contributed by atoms with E-state index in [1.54, 1.807) is 37.3 Å². The maximum absolute atomic E-state index is 13.1. The Balaban J connectivity index is 1.60. The van der Waals surface area contributed by atoms with Gasteiger partial charge in [0.2, 0.25) is 11.8 Å². The maximum atomic E-state index is 13.1. The standard InChI is InChI=1S/C18H21N5O4/c1-11-20-14(21-27-11)9-22(2)18(25)17-16(12-4-3-7-19-8-12)23(13-5-6-13)15(24)10-26-17/h3-4,7-8,13,16-17H,5-6,9-10H2,1-2H3/t16-,17+/m1/s1. The molecular formula is C18H21N5O4. The Kier molecular flexibility index (Phi) is 4.61. The fraction of sp³-hybridized carbons (Fsp3) is 0.500. The fourth-order valence-electron chi connectivity index (χ4n) is 3.42. The average Bonchev–Trinajstić information content (AvgIpc) is 3.43. The molecule has 1 saturated heterocycles. The lowest BCUT2D eigenvalue weighted by atomic mass is 9.98. The predicted molar refractivity (Wildman–Crippen MR) is 92.1 cm³/mol. The molecule has 2 amide bonds. The van der Waals surface area contributed by atoms with E-state index in [-0.39, 0.29) is 31.0 Å². The van der Waals surface area contributed by atoms with Crippen molar-refractivity contribution in [2.24, 2.45) is 0 Å². The number of carbonyl (C=O) groups excluding carboxylic acids is 2. The van der Waals surface area contributed by atoms with E-state index in [2.05, 4.69) is 15.1 Å². The van der Waals surface area contributed by atoms with Crippen LogP contribution >= 0.6 is 0 Å². The fourth-order valence-corrected chi connectivity index (χ4v) is 3.42. The molecule has 1 saturated carbocycles. The third-order valence-electron chi connectivity index (χ3n) is 4.79. The van der Waals surface area contributed by atoms with Crippen LogP contribution in [0.2, 0.25) is 0 Å². The van der Waals surface area contributed by atoms with Crippen LogP contribution in [0.4, 0.5) is 0 Å². The molecule has 2 fully saturated rings. The zero-order valence-corrected chi connectivity index (χ0v) is 15.2. The third-order valence-corrected chi connectivity index (χ3v) is 4.79. The van der Waals surface area contributed by atoms with E-state index in [9.17, 15) is 9.59 Å². The first-order valence-corrected chi connectivity index (χ1v) is 8.91. The summed E-state index contributed by atoms with van der Waals surface area (Å²) in [7, 11) is 1.66. The van der Waals surface area contributed by atoms with Crippen molar-refractivity contribution in [3.63, 3.8) is 0 Å². The van der Waals surface area contributed by atoms with Gasteiger partial charge in [0.05, 0.1) is 12.6 Å². The number of carbonyl (C=O) groups is 2. The van der Waals surface area contributed by atoms with Crippen molar-refractivity contribution >= 4 is 11.8 Å². The Morgan fingerprint density at radius 2 is 2.22 bits per heavy atom. The summed E-state index contributed by atoms with van der Waals surface area (Å²) in [5, 5.41) is 3.83. The quantitative estimate of drug-likeness (QED) is 0.768. The molecule has 9 heteroatoms. The van der Waals surface area contributed by atoms with Crippen molar-refractivity contribution in [3.8, 4) is 0 Å². The molecule has 2 aliphatic rings. The Morgan fingerprint density at radius 1 is 1.41 bits per heavy atom. The zero-order valence-electron chi connectivity index (χ0n) is 15.2. The van der Waals surface area contributed by atoms with Crippen LogP contribution in [0.3, 0.4) is 0 Å². The summed E-state index contributed by atoms with van der Waals surface area (Å²) in [4.78, 5) is 37.3. The van der Waals surface area contributed by atoms with Gasteiger partial charge in [0.1, 0.15) is 6.61 Å². The van der Waals surface area contributed by atoms with Gasteiger partial charge < -0.3 is 19.1 Å². The van der Waals surface area contributed by atoms with Gasteiger partial charge in [-0.1, -0.05) is 11.2 Å². The van der Waals surface area contributed by atoms with Gasteiger partial charge in [-0.15, -0.1) is 0 Å². The Morgan fingerprint density at radius 3 is 2.85 bits per heavy atom. The van der Waals surface area contributed by atoms with Crippen LogP contribution in [-0.2, 0) is 20.9 Å². The third kappa shape index (κ3) is 3.55. The highest BCUT2D eigenvalue weighted by Gasteiger charge is 2.48. The summed E-state index contributed by atoms with van der Waals surface area (Å²) in [6, 6.07) is 3.34. The number of morpholine rings is 1. The molecule has 4 rings (SSSR count). The van der Waals surface area contributed by atoms with E-state index in [4.69, 9.17) is 9.26 Å². The number of ether oxygens (including phenoxy) is 1. The minimum Gasteiger partial charge on any atom is -0.356 e. The first kappa shape index (κ1) is 17.6. The van der Waals surface area contributed by atoms with Gasteiger partial charge in [0.15, 0.2) is 11.9 Å². The summed E-state index contributed by atoms with van der Waals surface area (Å²) in [5.74, 6) is 0.544. The first-order valence-electron chi connectivity index (χ1n) is 8.91. The van der Waals surface area contributed by atoms with Crippen molar-refractivity contribution in [2.75, 3.05) is 13.7 Å². The molecule has 3 heterocycles. The highest BCUT2D eigenvalue weighted by molar-refractivity contribution is 5.86. The molecule has 27 heavy (non-hydrogen) atoms. The molecule has 0 radical (unpaired) electrons. The average molecular weight is 371 g/mol. The SMILES string of the molecule is Cc1nc(CN(C)C(=O)[C@H]2OCC(=O)N(C3CC3)[C@@H]2c2cccnc2)no1. The van der Waals surface area contributed by atoms with Crippen molar-refractivity contribution < 1.29 is 18.8 Å². The second-order valence-corrected chi connectivity index (χ2v) is 6.92. The number of hydrogen-bond donors (Lipinski definition) is 0. The lowest BCUT2D eigenvalue weighted by molar-refractivity contribution is -0.170. The van der Waals surface area contributed by atoms with Gasteiger partial charge in [-0.2, -0.15) is 4.98 Å². The summed E-state index contributed by atoms with van der Waals surface area (Å²) in [6.07, 6.45) is 4.44. The van der Waals surface area contributed by atoms with Gasteiger partial charge in [0.25, 0.3) is 5.91 Å². The normalized spacial score (nSPS) is 22.7. The number of aromatic nitrogens is 3. The highest BCUT2D eigenvalue weighted by Crippen LogP contribution is 2.39. The molecule has 0 bridgehead atoms. The molecular weight excluding hydrogens is 350 g/mol. The van der Waals surface area contributed by atoms with Gasteiger partial charge in [-0.3, -0.25) is 14.6 Å². The topological polar surface area (TPSA) is 102 Å². The largest absolute Gasteiger partial charge is 0.356 e. The molecule has 0 aromatic carbocycles. The van der Waals surface area contributed by atoms with E-state index >= 15 is 0 Å². The smallest absolute Gasteiger partial charge is 0.254 e. The lowest BCUT2D eigenvalue weighted by Crippen LogP contribution is -2.55. The van der Waals surface area contributed by atoms with Crippen molar-refractivity contribution in [2.45, 2.75) is 44.5 Å². The van der Waals surface area contributed by atoms with E-state index < -0.39 is 12.1 Å². The number of pyridine rings is 1. The van der Waals surface area contributed by atoms with Crippen molar-refractivity contribution in [1.29, 1.82) is 0 Å². The van der Waals surface area contributed by atoms with Crippen LogP contribution in [0, 0.1) is 6.92 Å². The van der Waals surface area contributed by atoms with Crippen LogP contribution in [0.1, 0.15) is 36.2 Å². The van der Waals surface area contributed by atoms with Crippen LogP contribution < -0.4 is 0 Å². The zero-order chi connectivity index (χ0) is 19.0. The molecule has 2 aromatic rings. The molecule has 2 aromatic heterocycles. The van der Waals surface area contributed by atoms with E-state index in [1.165, 1.54) is 4.90 Å². The monoisotopic (exact) mass is 371 g/mol. The van der Waals surface area contributed by atoms with Crippen molar-refractivity contribution in [1.82, 2.24) is 24.9 Å². The molecule has 9 nitrogen and oxygen atoms in total. The van der Waals surface area contributed by atoms with Crippen molar-refractivity contribution in [3.05, 3.63) is 41.8 Å². The minimum absolute atomic E-state index is 0.0909. The first-order chi connectivity index (χ1) is 13.0. The maximum Gasteiger partial charge on any atom is 0.254 e. The van der Waals surface area contributed by atoms with Gasteiger partial charge in [-0.05, 0) is 24.5 Å². The summed E-state index contributed by atoms with van der Waals surface area (Å²) in [6.45, 7) is 1.80. The Bertz CT molecular complexity index is 835. The van der Waals surface area contributed by atoms with Gasteiger partial charge in [-0.25, -0.2) is 0 Å². The molecule has 0 unspecified atom stereocenters. The Labute approximate surface area is 156 Å². The molecule has 0 spiro atoms. The number of rotatable bonds is 5.